The SMILES string of the molecule is CCNC(=NCc1cc(C#N)ccc1F)NCC(C)COCc1ccccc1.I. The summed E-state index contributed by atoms with van der Waals surface area (Å²) in [5.41, 5.74) is 1.98. The summed E-state index contributed by atoms with van der Waals surface area (Å²) in [7, 11) is 0. The van der Waals surface area contributed by atoms with E-state index in [9.17, 15) is 4.39 Å². The fourth-order valence-corrected chi connectivity index (χ4v) is 2.55. The van der Waals surface area contributed by atoms with Crippen LogP contribution in [0.3, 0.4) is 0 Å². The Hall–Kier alpha value is -2.18. The summed E-state index contributed by atoms with van der Waals surface area (Å²) in [6.45, 7) is 6.83. The van der Waals surface area contributed by atoms with E-state index in [0.717, 1.165) is 5.56 Å². The number of halogens is 2. The molecule has 0 aliphatic heterocycles. The van der Waals surface area contributed by atoms with Gasteiger partial charge in [-0.25, -0.2) is 9.38 Å². The van der Waals surface area contributed by atoms with Crippen molar-refractivity contribution in [2.75, 3.05) is 19.7 Å². The van der Waals surface area contributed by atoms with Crippen LogP contribution in [0, 0.1) is 23.1 Å². The van der Waals surface area contributed by atoms with Crippen molar-refractivity contribution >= 4 is 29.9 Å². The average molecular weight is 510 g/mol. The normalized spacial score (nSPS) is 11.9. The zero-order valence-corrected chi connectivity index (χ0v) is 19.2. The molecule has 2 rings (SSSR count). The van der Waals surface area contributed by atoms with E-state index in [1.165, 1.54) is 18.2 Å². The standard InChI is InChI=1S/C22H27FN4O.HI/c1-3-25-22(27-14-20-11-19(12-24)9-10-21(20)23)26-13-17(2)15-28-16-18-7-5-4-6-8-18;/h4-11,17H,3,13-16H2,1-2H3,(H2,25,26,27);1H. The minimum absolute atomic E-state index is 0. The zero-order chi connectivity index (χ0) is 20.2. The highest BCUT2D eigenvalue weighted by atomic mass is 127. The largest absolute Gasteiger partial charge is 0.376 e. The van der Waals surface area contributed by atoms with Gasteiger partial charge in [0.1, 0.15) is 5.82 Å². The second kappa shape index (κ2) is 13.9. The number of benzene rings is 2. The summed E-state index contributed by atoms with van der Waals surface area (Å²) in [6.07, 6.45) is 0. The summed E-state index contributed by atoms with van der Waals surface area (Å²) >= 11 is 0. The fourth-order valence-electron chi connectivity index (χ4n) is 2.55. The van der Waals surface area contributed by atoms with E-state index in [1.54, 1.807) is 0 Å². The third-order valence-electron chi connectivity index (χ3n) is 4.06. The van der Waals surface area contributed by atoms with Crippen LogP contribution in [-0.2, 0) is 17.9 Å². The molecule has 0 bridgehead atoms. The van der Waals surface area contributed by atoms with Crippen LogP contribution in [0.4, 0.5) is 4.39 Å². The highest BCUT2D eigenvalue weighted by molar-refractivity contribution is 14.0. The molecule has 2 aromatic rings. The zero-order valence-electron chi connectivity index (χ0n) is 16.8. The van der Waals surface area contributed by atoms with Crippen LogP contribution in [0.1, 0.15) is 30.5 Å². The highest BCUT2D eigenvalue weighted by Crippen LogP contribution is 2.11. The molecule has 0 spiro atoms. The van der Waals surface area contributed by atoms with Crippen molar-refractivity contribution in [3.63, 3.8) is 0 Å². The van der Waals surface area contributed by atoms with Gasteiger partial charge in [0.25, 0.3) is 0 Å². The molecule has 0 heterocycles. The Morgan fingerprint density at radius 3 is 2.66 bits per heavy atom. The van der Waals surface area contributed by atoms with Gasteiger partial charge in [0.2, 0.25) is 0 Å². The summed E-state index contributed by atoms with van der Waals surface area (Å²) in [4.78, 5) is 4.42. The summed E-state index contributed by atoms with van der Waals surface area (Å²) < 4.78 is 19.7. The van der Waals surface area contributed by atoms with Gasteiger partial charge in [-0.15, -0.1) is 24.0 Å². The molecule has 1 atom stereocenters. The van der Waals surface area contributed by atoms with Gasteiger partial charge in [-0.05, 0) is 36.6 Å². The van der Waals surface area contributed by atoms with Crippen molar-refractivity contribution < 1.29 is 9.13 Å². The van der Waals surface area contributed by atoms with Gasteiger partial charge < -0.3 is 15.4 Å². The first-order chi connectivity index (χ1) is 13.6. The van der Waals surface area contributed by atoms with Crippen LogP contribution in [0.2, 0.25) is 0 Å². The Bertz CT molecular complexity index is 808. The third-order valence-corrected chi connectivity index (χ3v) is 4.06. The molecular formula is C22H28FIN4O. The van der Waals surface area contributed by atoms with Crippen LogP contribution >= 0.6 is 24.0 Å². The molecule has 2 aromatic carbocycles. The maximum Gasteiger partial charge on any atom is 0.191 e. The van der Waals surface area contributed by atoms with Crippen molar-refractivity contribution in [3.8, 4) is 6.07 Å². The molecule has 7 heteroatoms. The second-order valence-corrected chi connectivity index (χ2v) is 6.60. The number of nitrogens with zero attached hydrogens (tertiary/aromatic N) is 2. The Balaban J connectivity index is 0.00000420. The number of rotatable bonds is 9. The molecule has 0 saturated carbocycles. The predicted octanol–water partition coefficient (Wildman–Crippen LogP) is 4.22. The molecule has 0 fully saturated rings. The number of hydrogen-bond donors (Lipinski definition) is 2. The van der Waals surface area contributed by atoms with Gasteiger partial charge in [0.15, 0.2) is 5.96 Å². The Kier molecular flexibility index (Phi) is 11.9. The number of nitriles is 1. The van der Waals surface area contributed by atoms with Crippen LogP contribution < -0.4 is 10.6 Å². The molecule has 0 amide bonds. The van der Waals surface area contributed by atoms with Gasteiger partial charge in [-0.1, -0.05) is 37.3 Å². The number of ether oxygens (including phenoxy) is 1. The number of nitrogens with one attached hydrogen (secondary N) is 2. The third kappa shape index (κ3) is 9.24. The van der Waals surface area contributed by atoms with E-state index in [4.69, 9.17) is 10.00 Å². The first-order valence-electron chi connectivity index (χ1n) is 9.44. The van der Waals surface area contributed by atoms with Crippen molar-refractivity contribution in [3.05, 3.63) is 71.0 Å². The monoisotopic (exact) mass is 510 g/mol. The Labute approximate surface area is 189 Å². The summed E-state index contributed by atoms with van der Waals surface area (Å²) in [5, 5.41) is 15.4. The number of aliphatic imine (C=N–C) groups is 1. The van der Waals surface area contributed by atoms with Crippen molar-refractivity contribution in [2.24, 2.45) is 10.9 Å². The van der Waals surface area contributed by atoms with E-state index in [2.05, 4.69) is 22.5 Å². The van der Waals surface area contributed by atoms with Crippen molar-refractivity contribution in [1.82, 2.24) is 10.6 Å². The van der Waals surface area contributed by atoms with E-state index in [-0.39, 0.29) is 42.3 Å². The van der Waals surface area contributed by atoms with Crippen LogP contribution in [-0.4, -0.2) is 25.7 Å². The Morgan fingerprint density at radius 2 is 1.97 bits per heavy atom. The van der Waals surface area contributed by atoms with Crippen LogP contribution in [0.25, 0.3) is 0 Å². The average Bonchev–Trinajstić information content (AvgIpc) is 2.72. The molecule has 29 heavy (non-hydrogen) atoms. The molecule has 1 unspecified atom stereocenters. The van der Waals surface area contributed by atoms with E-state index in [1.807, 2.05) is 43.3 Å². The highest BCUT2D eigenvalue weighted by Gasteiger charge is 2.07. The lowest BCUT2D eigenvalue weighted by atomic mass is 10.1. The summed E-state index contributed by atoms with van der Waals surface area (Å²) in [6, 6.07) is 16.4. The van der Waals surface area contributed by atoms with Gasteiger partial charge in [0.05, 0.1) is 31.4 Å². The van der Waals surface area contributed by atoms with E-state index >= 15 is 0 Å². The summed E-state index contributed by atoms with van der Waals surface area (Å²) in [5.74, 6) is 0.534. The maximum absolute atomic E-state index is 13.9. The van der Waals surface area contributed by atoms with Crippen LogP contribution in [0.15, 0.2) is 53.5 Å². The lowest BCUT2D eigenvalue weighted by molar-refractivity contribution is 0.0931. The second-order valence-electron chi connectivity index (χ2n) is 6.60. The smallest absolute Gasteiger partial charge is 0.191 e. The van der Waals surface area contributed by atoms with Crippen molar-refractivity contribution in [2.45, 2.75) is 27.0 Å². The van der Waals surface area contributed by atoms with Crippen molar-refractivity contribution in [1.29, 1.82) is 5.26 Å². The van der Waals surface area contributed by atoms with Gasteiger partial charge in [-0.3, -0.25) is 0 Å². The topological polar surface area (TPSA) is 69.4 Å². The van der Waals surface area contributed by atoms with Gasteiger partial charge in [0, 0.05) is 18.7 Å². The lowest BCUT2D eigenvalue weighted by Crippen LogP contribution is -2.40. The molecule has 0 radical (unpaired) electrons. The van der Waals surface area contributed by atoms with Gasteiger partial charge in [-0.2, -0.15) is 5.26 Å². The molecule has 5 nitrogen and oxygen atoms in total. The molecule has 0 aliphatic carbocycles. The lowest BCUT2D eigenvalue weighted by Gasteiger charge is -2.16. The number of guanidine groups is 1. The first-order valence-corrected chi connectivity index (χ1v) is 9.44. The molecule has 0 saturated heterocycles. The molecule has 0 aliphatic rings. The quantitative estimate of drug-likeness (QED) is 0.301. The molecule has 156 valence electrons. The minimum Gasteiger partial charge on any atom is -0.376 e. The maximum atomic E-state index is 13.9. The number of hydrogen-bond acceptors (Lipinski definition) is 3. The Morgan fingerprint density at radius 1 is 1.21 bits per heavy atom. The van der Waals surface area contributed by atoms with Crippen LogP contribution in [0.5, 0.6) is 0 Å². The molecular weight excluding hydrogens is 482 g/mol. The first kappa shape index (κ1) is 24.9. The predicted molar refractivity (Wildman–Crippen MR) is 125 cm³/mol. The molecule has 0 aromatic heterocycles. The molecule has 2 N–H and O–H groups in total. The van der Waals surface area contributed by atoms with E-state index < -0.39 is 0 Å². The van der Waals surface area contributed by atoms with Gasteiger partial charge >= 0.3 is 0 Å². The fraction of sp³-hybridized carbons (Fsp3) is 0.364. The minimum atomic E-state index is -0.360. The van der Waals surface area contributed by atoms with E-state index in [0.29, 0.717) is 43.4 Å².